The van der Waals surface area contributed by atoms with Gasteiger partial charge in [0.2, 0.25) is 0 Å². The first-order valence-corrected chi connectivity index (χ1v) is 6.47. The summed E-state index contributed by atoms with van der Waals surface area (Å²) in [5.74, 6) is 0.644. The van der Waals surface area contributed by atoms with Crippen LogP contribution >= 0.6 is 11.3 Å². The molecule has 2 unspecified atom stereocenters. The summed E-state index contributed by atoms with van der Waals surface area (Å²) in [6.07, 6.45) is 2.50. The molecule has 2 rings (SSSR count). The molecule has 3 nitrogen and oxygen atoms in total. The van der Waals surface area contributed by atoms with Crippen molar-refractivity contribution in [2.45, 2.75) is 32.7 Å². The van der Waals surface area contributed by atoms with Gasteiger partial charge in [0, 0.05) is 18.0 Å². The first kappa shape index (κ1) is 10.9. The highest BCUT2D eigenvalue weighted by Crippen LogP contribution is 2.29. The minimum absolute atomic E-state index is 0.610. The van der Waals surface area contributed by atoms with Gasteiger partial charge >= 0.3 is 0 Å². The lowest BCUT2D eigenvalue weighted by Gasteiger charge is -2.37. The van der Waals surface area contributed by atoms with Crippen molar-refractivity contribution in [3.8, 4) is 0 Å². The second-order valence-corrected chi connectivity index (χ2v) is 5.29. The van der Waals surface area contributed by atoms with Crippen LogP contribution in [0.2, 0.25) is 0 Å². The number of piperidine rings is 1. The molecule has 4 heteroatoms. The Hall–Kier alpha value is -0.610. The van der Waals surface area contributed by atoms with Gasteiger partial charge < -0.3 is 10.6 Å². The Kier molecular flexibility index (Phi) is 3.26. The summed E-state index contributed by atoms with van der Waals surface area (Å²) in [4.78, 5) is 6.97. The average Bonchev–Trinajstić information content (AvgIpc) is 2.65. The highest BCUT2D eigenvalue weighted by atomic mass is 32.1. The Morgan fingerprint density at radius 3 is 3.00 bits per heavy atom. The topological polar surface area (TPSA) is 42.1 Å². The van der Waals surface area contributed by atoms with Gasteiger partial charge in [-0.2, -0.15) is 0 Å². The number of rotatable bonds is 2. The minimum atomic E-state index is 0.610. The van der Waals surface area contributed by atoms with Crippen LogP contribution in [0, 0.1) is 12.8 Å². The lowest BCUT2D eigenvalue weighted by molar-refractivity contribution is 0.373. The maximum atomic E-state index is 5.75. The lowest BCUT2D eigenvalue weighted by Crippen LogP contribution is -2.43. The molecule has 0 amide bonds. The van der Waals surface area contributed by atoms with Crippen LogP contribution in [0.25, 0.3) is 0 Å². The Labute approximate surface area is 95.3 Å². The summed E-state index contributed by atoms with van der Waals surface area (Å²) < 4.78 is 0. The van der Waals surface area contributed by atoms with E-state index in [9.17, 15) is 0 Å². The fourth-order valence-electron chi connectivity index (χ4n) is 2.11. The molecule has 0 aliphatic carbocycles. The van der Waals surface area contributed by atoms with Gasteiger partial charge in [0.25, 0.3) is 0 Å². The zero-order valence-electron chi connectivity index (χ0n) is 9.44. The fourth-order valence-corrected chi connectivity index (χ4v) is 3.03. The number of hydrogen-bond donors (Lipinski definition) is 1. The van der Waals surface area contributed by atoms with Crippen LogP contribution in [-0.2, 0) is 0 Å². The molecule has 2 N–H and O–H groups in total. The third-order valence-corrected chi connectivity index (χ3v) is 4.16. The van der Waals surface area contributed by atoms with E-state index in [1.54, 1.807) is 11.3 Å². The highest BCUT2D eigenvalue weighted by Gasteiger charge is 2.26. The Bertz CT molecular complexity index is 323. The van der Waals surface area contributed by atoms with Crippen molar-refractivity contribution in [3.63, 3.8) is 0 Å². The molecule has 1 fully saturated rings. The van der Waals surface area contributed by atoms with E-state index in [0.29, 0.717) is 12.0 Å². The van der Waals surface area contributed by atoms with Crippen LogP contribution in [0.1, 0.15) is 25.5 Å². The van der Waals surface area contributed by atoms with E-state index >= 15 is 0 Å². The molecule has 1 saturated heterocycles. The molecule has 1 aromatic heterocycles. The predicted molar refractivity (Wildman–Crippen MR) is 65.4 cm³/mol. The van der Waals surface area contributed by atoms with Crippen molar-refractivity contribution >= 4 is 16.5 Å². The van der Waals surface area contributed by atoms with E-state index in [-0.39, 0.29) is 0 Å². The number of aryl methyl sites for hydroxylation is 1. The smallest absolute Gasteiger partial charge is 0.185 e. The van der Waals surface area contributed by atoms with E-state index in [1.807, 2.05) is 0 Å². The Balaban J connectivity index is 2.12. The first-order valence-electron chi connectivity index (χ1n) is 5.59. The van der Waals surface area contributed by atoms with Gasteiger partial charge in [-0.05, 0) is 39.2 Å². The van der Waals surface area contributed by atoms with Gasteiger partial charge in [-0.15, -0.1) is 11.3 Å². The number of nitrogens with zero attached hydrogens (tertiary/aromatic N) is 2. The molecular formula is C11H19N3S. The van der Waals surface area contributed by atoms with Crippen molar-refractivity contribution < 1.29 is 0 Å². The van der Waals surface area contributed by atoms with Crippen LogP contribution in [0.15, 0.2) is 5.38 Å². The normalized spacial score (nSPS) is 27.0. The number of nitrogens with two attached hydrogens (primary N) is 1. The SMILES string of the molecule is Cc1csc(N2CC(CN)CCC2C)n1. The molecule has 84 valence electrons. The molecule has 15 heavy (non-hydrogen) atoms. The van der Waals surface area contributed by atoms with E-state index in [4.69, 9.17) is 5.73 Å². The predicted octanol–water partition coefficient (Wildman–Crippen LogP) is 2.02. The summed E-state index contributed by atoms with van der Waals surface area (Å²) in [5, 5.41) is 3.28. The summed E-state index contributed by atoms with van der Waals surface area (Å²) in [6, 6.07) is 0.610. The van der Waals surface area contributed by atoms with Crippen molar-refractivity contribution in [2.75, 3.05) is 18.0 Å². The third-order valence-electron chi connectivity index (χ3n) is 3.17. The molecule has 1 aliphatic rings. The largest absolute Gasteiger partial charge is 0.345 e. The quantitative estimate of drug-likeness (QED) is 0.837. The van der Waals surface area contributed by atoms with Gasteiger partial charge in [0.15, 0.2) is 5.13 Å². The summed E-state index contributed by atoms with van der Waals surface area (Å²) in [7, 11) is 0. The monoisotopic (exact) mass is 225 g/mol. The van der Waals surface area contributed by atoms with Crippen molar-refractivity contribution in [2.24, 2.45) is 11.7 Å². The first-order chi connectivity index (χ1) is 7.20. The average molecular weight is 225 g/mol. The molecular weight excluding hydrogens is 206 g/mol. The molecule has 0 radical (unpaired) electrons. The van der Waals surface area contributed by atoms with Crippen LogP contribution < -0.4 is 10.6 Å². The Morgan fingerprint density at radius 2 is 2.40 bits per heavy atom. The minimum Gasteiger partial charge on any atom is -0.345 e. The van der Waals surface area contributed by atoms with E-state index < -0.39 is 0 Å². The lowest BCUT2D eigenvalue weighted by atomic mass is 9.94. The number of hydrogen-bond acceptors (Lipinski definition) is 4. The molecule has 0 spiro atoms. The Morgan fingerprint density at radius 1 is 1.60 bits per heavy atom. The van der Waals surface area contributed by atoms with Crippen molar-refractivity contribution in [3.05, 3.63) is 11.1 Å². The number of anilines is 1. The van der Waals surface area contributed by atoms with E-state index in [2.05, 4.69) is 29.1 Å². The summed E-state index contributed by atoms with van der Waals surface area (Å²) in [6.45, 7) is 6.21. The van der Waals surface area contributed by atoms with Crippen LogP contribution in [0.5, 0.6) is 0 Å². The molecule has 0 saturated carbocycles. The zero-order chi connectivity index (χ0) is 10.8. The van der Waals surface area contributed by atoms with Gasteiger partial charge in [-0.3, -0.25) is 0 Å². The highest BCUT2D eigenvalue weighted by molar-refractivity contribution is 7.13. The maximum Gasteiger partial charge on any atom is 0.185 e. The molecule has 0 bridgehead atoms. The summed E-state index contributed by atoms with van der Waals surface area (Å²) in [5.41, 5.74) is 6.87. The van der Waals surface area contributed by atoms with Crippen molar-refractivity contribution in [1.82, 2.24) is 4.98 Å². The number of aromatic nitrogens is 1. The van der Waals surface area contributed by atoms with Gasteiger partial charge in [0.05, 0.1) is 5.69 Å². The number of thiazole rings is 1. The zero-order valence-corrected chi connectivity index (χ0v) is 10.3. The molecule has 1 aromatic rings. The second kappa shape index (κ2) is 4.49. The van der Waals surface area contributed by atoms with E-state index in [1.165, 1.54) is 12.8 Å². The van der Waals surface area contributed by atoms with Crippen molar-refractivity contribution in [1.29, 1.82) is 0 Å². The second-order valence-electron chi connectivity index (χ2n) is 4.45. The molecule has 1 aliphatic heterocycles. The van der Waals surface area contributed by atoms with E-state index in [0.717, 1.165) is 23.9 Å². The molecule has 0 aromatic carbocycles. The van der Waals surface area contributed by atoms with Gasteiger partial charge in [-0.1, -0.05) is 0 Å². The molecule has 2 atom stereocenters. The molecule has 2 heterocycles. The standard InChI is InChI=1S/C11H19N3S/c1-8-7-15-11(13-8)14-6-10(5-12)4-3-9(14)2/h7,9-10H,3-6,12H2,1-2H3. The van der Waals surface area contributed by atoms with Gasteiger partial charge in [-0.25, -0.2) is 4.98 Å². The fraction of sp³-hybridized carbons (Fsp3) is 0.727. The third kappa shape index (κ3) is 2.32. The van der Waals surface area contributed by atoms with Crippen LogP contribution in [0.3, 0.4) is 0 Å². The maximum absolute atomic E-state index is 5.75. The van der Waals surface area contributed by atoms with Gasteiger partial charge in [0.1, 0.15) is 0 Å². The van der Waals surface area contributed by atoms with Crippen LogP contribution in [-0.4, -0.2) is 24.1 Å². The van der Waals surface area contributed by atoms with Crippen LogP contribution in [0.4, 0.5) is 5.13 Å². The summed E-state index contributed by atoms with van der Waals surface area (Å²) >= 11 is 1.75.